The van der Waals surface area contributed by atoms with Gasteiger partial charge in [-0.25, -0.2) is 0 Å². The molecule has 0 unspecified atom stereocenters. The van der Waals surface area contributed by atoms with Crippen LogP contribution in [0, 0.1) is 4.91 Å². The average molecular weight is 257 g/mol. The smallest absolute Gasteiger partial charge is 0.151 e. The Hall–Kier alpha value is -2.36. The quantitative estimate of drug-likeness (QED) is 0.843. The normalized spacial score (nSPS) is 11.9. The van der Waals surface area contributed by atoms with Crippen LogP contribution >= 0.6 is 0 Å². The third-order valence-corrected chi connectivity index (χ3v) is 3.19. The van der Waals surface area contributed by atoms with Gasteiger partial charge in [0.25, 0.3) is 0 Å². The lowest BCUT2D eigenvalue weighted by Crippen LogP contribution is -1.97. The number of aromatic hydroxyl groups is 1. The van der Waals surface area contributed by atoms with E-state index in [4.69, 9.17) is 4.74 Å². The van der Waals surface area contributed by atoms with Crippen molar-refractivity contribution >= 4 is 5.69 Å². The minimum Gasteiger partial charge on any atom is -0.508 e. The molecule has 1 N–H and O–H groups in total. The molecule has 0 aliphatic heterocycles. The standard InChI is InChI=1S/C15H15NO3/c1-10(11-6-4-3-5-7-11)12-8-13(16-18)15(19-2)9-14(12)17/h3-10,17H,1-2H3/t10-/m1/s1. The number of benzene rings is 2. The van der Waals surface area contributed by atoms with Crippen LogP contribution in [-0.2, 0) is 0 Å². The number of rotatable bonds is 4. The number of hydrogen-bond acceptors (Lipinski definition) is 4. The third-order valence-electron chi connectivity index (χ3n) is 3.19. The van der Waals surface area contributed by atoms with Crippen LogP contribution in [0.2, 0.25) is 0 Å². The molecule has 0 radical (unpaired) electrons. The summed E-state index contributed by atoms with van der Waals surface area (Å²) in [5.74, 6) is 0.338. The molecule has 0 bridgehead atoms. The first-order valence-corrected chi connectivity index (χ1v) is 5.96. The highest BCUT2D eigenvalue weighted by atomic mass is 16.5. The molecule has 0 aliphatic rings. The molecule has 0 aromatic heterocycles. The maximum Gasteiger partial charge on any atom is 0.151 e. The van der Waals surface area contributed by atoms with Gasteiger partial charge in [0.2, 0.25) is 0 Å². The molecule has 0 amide bonds. The van der Waals surface area contributed by atoms with Crippen LogP contribution in [-0.4, -0.2) is 12.2 Å². The van der Waals surface area contributed by atoms with Crippen LogP contribution in [0.4, 0.5) is 5.69 Å². The maximum absolute atomic E-state index is 10.8. The van der Waals surface area contributed by atoms with E-state index in [9.17, 15) is 10.0 Å². The molecule has 0 fully saturated rings. The van der Waals surface area contributed by atoms with E-state index in [1.807, 2.05) is 37.3 Å². The van der Waals surface area contributed by atoms with Gasteiger partial charge in [0.05, 0.1) is 7.11 Å². The molecular weight excluding hydrogens is 242 g/mol. The number of phenols is 1. The lowest BCUT2D eigenvalue weighted by Gasteiger charge is -2.15. The molecule has 0 saturated carbocycles. The highest BCUT2D eigenvalue weighted by Gasteiger charge is 2.16. The van der Waals surface area contributed by atoms with Crippen molar-refractivity contribution < 1.29 is 9.84 Å². The molecule has 19 heavy (non-hydrogen) atoms. The van der Waals surface area contributed by atoms with Crippen molar-refractivity contribution in [1.29, 1.82) is 0 Å². The summed E-state index contributed by atoms with van der Waals surface area (Å²) in [6.45, 7) is 1.96. The van der Waals surface area contributed by atoms with E-state index in [2.05, 4.69) is 5.18 Å². The maximum atomic E-state index is 10.8. The van der Waals surface area contributed by atoms with E-state index in [0.29, 0.717) is 5.56 Å². The van der Waals surface area contributed by atoms with Gasteiger partial charge in [0.15, 0.2) is 5.75 Å². The Labute approximate surface area is 111 Å². The van der Waals surface area contributed by atoms with E-state index in [0.717, 1.165) is 5.56 Å². The molecule has 2 aromatic carbocycles. The van der Waals surface area contributed by atoms with Gasteiger partial charge >= 0.3 is 0 Å². The molecule has 0 saturated heterocycles. The Bertz CT molecular complexity index is 581. The zero-order chi connectivity index (χ0) is 13.8. The topological polar surface area (TPSA) is 58.9 Å². The number of phenolic OH excluding ortho intramolecular Hbond substituents is 1. The zero-order valence-corrected chi connectivity index (χ0v) is 10.8. The first kappa shape index (κ1) is 13.1. The van der Waals surface area contributed by atoms with Crippen LogP contribution in [0.5, 0.6) is 11.5 Å². The molecular formula is C15H15NO3. The molecule has 4 heteroatoms. The van der Waals surface area contributed by atoms with Gasteiger partial charge in [-0.15, -0.1) is 4.91 Å². The lowest BCUT2D eigenvalue weighted by atomic mass is 9.92. The van der Waals surface area contributed by atoms with Gasteiger partial charge in [-0.2, -0.15) is 0 Å². The molecule has 0 heterocycles. The monoisotopic (exact) mass is 257 g/mol. The Kier molecular flexibility index (Phi) is 3.80. The van der Waals surface area contributed by atoms with Gasteiger partial charge in [0.1, 0.15) is 11.4 Å². The van der Waals surface area contributed by atoms with E-state index in [1.54, 1.807) is 6.07 Å². The van der Waals surface area contributed by atoms with Crippen LogP contribution in [0.3, 0.4) is 0 Å². The number of nitrogens with zero attached hydrogens (tertiary/aromatic N) is 1. The first-order chi connectivity index (χ1) is 9.17. The summed E-state index contributed by atoms with van der Waals surface area (Å²) in [6.07, 6.45) is 0. The Morgan fingerprint density at radius 2 is 1.89 bits per heavy atom. The summed E-state index contributed by atoms with van der Waals surface area (Å²) in [6, 6.07) is 12.7. The Morgan fingerprint density at radius 1 is 1.21 bits per heavy atom. The van der Waals surface area contributed by atoms with Crippen LogP contribution in [0.15, 0.2) is 47.6 Å². The summed E-state index contributed by atoms with van der Waals surface area (Å²) in [4.78, 5) is 10.8. The van der Waals surface area contributed by atoms with E-state index in [1.165, 1.54) is 13.2 Å². The van der Waals surface area contributed by atoms with Crippen LogP contribution in [0.25, 0.3) is 0 Å². The second-order valence-corrected chi connectivity index (χ2v) is 4.31. The van der Waals surface area contributed by atoms with Crippen molar-refractivity contribution in [2.75, 3.05) is 7.11 Å². The predicted octanol–water partition coefficient (Wildman–Crippen LogP) is 3.95. The SMILES string of the molecule is COc1cc(O)c([C@H](C)c2ccccc2)cc1N=O. The van der Waals surface area contributed by atoms with E-state index >= 15 is 0 Å². The largest absolute Gasteiger partial charge is 0.508 e. The molecule has 0 spiro atoms. The molecule has 0 aliphatic carbocycles. The van der Waals surface area contributed by atoms with Gasteiger partial charge in [-0.3, -0.25) is 0 Å². The second-order valence-electron chi connectivity index (χ2n) is 4.31. The second kappa shape index (κ2) is 5.52. The molecule has 2 aromatic rings. The van der Waals surface area contributed by atoms with Crippen molar-refractivity contribution in [2.45, 2.75) is 12.8 Å². The lowest BCUT2D eigenvalue weighted by molar-refractivity contribution is 0.407. The average Bonchev–Trinajstić information content (AvgIpc) is 2.47. The summed E-state index contributed by atoms with van der Waals surface area (Å²) < 4.78 is 5.00. The number of ether oxygens (including phenoxy) is 1. The summed E-state index contributed by atoms with van der Waals surface area (Å²) in [5.41, 5.74) is 1.90. The fourth-order valence-electron chi connectivity index (χ4n) is 2.08. The number of hydrogen-bond donors (Lipinski definition) is 1. The summed E-state index contributed by atoms with van der Waals surface area (Å²) >= 11 is 0. The summed E-state index contributed by atoms with van der Waals surface area (Å²) in [5, 5.41) is 13.0. The van der Waals surface area contributed by atoms with E-state index < -0.39 is 0 Å². The Balaban J connectivity index is 2.48. The summed E-state index contributed by atoms with van der Waals surface area (Å²) in [7, 11) is 1.43. The predicted molar refractivity (Wildman–Crippen MR) is 74.1 cm³/mol. The highest BCUT2D eigenvalue weighted by Crippen LogP contribution is 2.39. The highest BCUT2D eigenvalue weighted by molar-refractivity contribution is 5.60. The van der Waals surface area contributed by atoms with Gasteiger partial charge in [-0.05, 0) is 16.8 Å². The van der Waals surface area contributed by atoms with Crippen molar-refractivity contribution in [1.82, 2.24) is 0 Å². The molecule has 1 atom stereocenters. The fourth-order valence-corrected chi connectivity index (χ4v) is 2.08. The van der Waals surface area contributed by atoms with Crippen molar-refractivity contribution in [3.05, 3.63) is 58.5 Å². The van der Waals surface area contributed by atoms with Gasteiger partial charge in [-0.1, -0.05) is 37.3 Å². The van der Waals surface area contributed by atoms with Gasteiger partial charge < -0.3 is 9.84 Å². The molecule has 98 valence electrons. The minimum absolute atomic E-state index is 0.0346. The van der Waals surface area contributed by atoms with Crippen molar-refractivity contribution in [3.8, 4) is 11.5 Å². The fraction of sp³-hybridized carbons (Fsp3) is 0.200. The van der Waals surface area contributed by atoms with Crippen molar-refractivity contribution in [3.63, 3.8) is 0 Å². The van der Waals surface area contributed by atoms with Crippen LogP contribution in [0.1, 0.15) is 24.0 Å². The molecule has 2 rings (SSSR count). The van der Waals surface area contributed by atoms with E-state index in [-0.39, 0.29) is 23.1 Å². The minimum atomic E-state index is -0.0346. The first-order valence-electron chi connectivity index (χ1n) is 5.96. The van der Waals surface area contributed by atoms with Gasteiger partial charge in [0, 0.05) is 17.5 Å². The third kappa shape index (κ3) is 2.57. The number of nitroso groups, excluding NO2 is 1. The van der Waals surface area contributed by atoms with Crippen LogP contribution < -0.4 is 4.74 Å². The zero-order valence-electron chi connectivity index (χ0n) is 10.8. The number of methoxy groups -OCH3 is 1. The Morgan fingerprint density at radius 3 is 2.47 bits per heavy atom. The van der Waals surface area contributed by atoms with Crippen molar-refractivity contribution in [2.24, 2.45) is 5.18 Å². The molecule has 4 nitrogen and oxygen atoms in total.